The molecule has 0 bridgehead atoms. The van der Waals surface area contributed by atoms with Gasteiger partial charge in [0.2, 0.25) is 0 Å². The van der Waals surface area contributed by atoms with Gasteiger partial charge in [-0.3, -0.25) is 0 Å². The van der Waals surface area contributed by atoms with E-state index in [9.17, 15) is 5.11 Å². The number of ether oxygens (including phenoxy) is 1. The molecular weight excluding hydrogens is 230 g/mol. The standard InChI is InChI=1S/C11H17NO2.ClH.H2O/c1-8-4-3-5-9(2)11(8)14-7-10(13)6-12;;/h3-5,10,13H,6-7,12H2,1-2H3;1H;1H2. The number of hydrogen-bond acceptors (Lipinski definition) is 3. The highest BCUT2D eigenvalue weighted by atomic mass is 35.5. The van der Waals surface area contributed by atoms with Crippen molar-refractivity contribution < 1.29 is 15.3 Å². The van der Waals surface area contributed by atoms with Gasteiger partial charge in [0.05, 0.1) is 0 Å². The molecule has 0 saturated carbocycles. The number of hydrogen-bond donors (Lipinski definition) is 2. The van der Waals surface area contributed by atoms with Crippen molar-refractivity contribution in [1.82, 2.24) is 0 Å². The van der Waals surface area contributed by atoms with Gasteiger partial charge >= 0.3 is 0 Å². The molecule has 0 aromatic heterocycles. The molecule has 0 saturated heterocycles. The summed E-state index contributed by atoms with van der Waals surface area (Å²) in [6, 6.07) is 5.95. The second kappa shape index (κ2) is 8.35. The first-order valence-corrected chi connectivity index (χ1v) is 4.72. The number of para-hydroxylation sites is 1. The highest BCUT2D eigenvalue weighted by molar-refractivity contribution is 5.85. The molecule has 1 aromatic rings. The predicted molar refractivity (Wildman–Crippen MR) is 67.3 cm³/mol. The summed E-state index contributed by atoms with van der Waals surface area (Å²) >= 11 is 0. The van der Waals surface area contributed by atoms with Crippen molar-refractivity contribution in [2.75, 3.05) is 13.2 Å². The summed E-state index contributed by atoms with van der Waals surface area (Å²) in [4.78, 5) is 0. The van der Waals surface area contributed by atoms with Gasteiger partial charge in [-0.25, -0.2) is 0 Å². The Hall–Kier alpha value is -0.810. The van der Waals surface area contributed by atoms with Crippen LogP contribution in [0.4, 0.5) is 0 Å². The second-order valence-electron chi connectivity index (χ2n) is 3.42. The molecule has 94 valence electrons. The van der Waals surface area contributed by atoms with Crippen molar-refractivity contribution in [2.24, 2.45) is 5.73 Å². The van der Waals surface area contributed by atoms with E-state index in [4.69, 9.17) is 10.5 Å². The van der Waals surface area contributed by atoms with Gasteiger partial charge in [-0.2, -0.15) is 0 Å². The number of aliphatic hydroxyl groups is 1. The van der Waals surface area contributed by atoms with Crippen molar-refractivity contribution >= 4 is 12.4 Å². The van der Waals surface area contributed by atoms with Crippen LogP contribution in [0.3, 0.4) is 0 Å². The summed E-state index contributed by atoms with van der Waals surface area (Å²) in [6.07, 6.45) is -0.589. The Morgan fingerprint density at radius 3 is 2.25 bits per heavy atom. The first kappa shape index (κ1) is 17.6. The Kier molecular flexibility index (Phi) is 9.18. The number of benzene rings is 1. The number of rotatable bonds is 4. The molecule has 0 spiro atoms. The summed E-state index contributed by atoms with van der Waals surface area (Å²) in [5.74, 6) is 0.847. The molecule has 5 heteroatoms. The highest BCUT2D eigenvalue weighted by Gasteiger charge is 2.06. The molecule has 0 amide bonds. The van der Waals surface area contributed by atoms with E-state index >= 15 is 0 Å². The Morgan fingerprint density at radius 1 is 1.31 bits per heavy atom. The largest absolute Gasteiger partial charge is 0.490 e. The molecule has 4 nitrogen and oxygen atoms in total. The minimum absolute atomic E-state index is 0. The minimum Gasteiger partial charge on any atom is -0.490 e. The van der Waals surface area contributed by atoms with E-state index in [1.54, 1.807) is 0 Å². The molecule has 16 heavy (non-hydrogen) atoms. The maximum absolute atomic E-state index is 9.25. The zero-order valence-corrected chi connectivity index (χ0v) is 10.4. The molecule has 0 heterocycles. The molecule has 1 unspecified atom stereocenters. The van der Waals surface area contributed by atoms with Gasteiger partial charge in [-0.1, -0.05) is 18.2 Å². The van der Waals surface area contributed by atoms with E-state index in [2.05, 4.69) is 0 Å². The first-order chi connectivity index (χ1) is 6.65. The van der Waals surface area contributed by atoms with Crippen LogP contribution in [-0.4, -0.2) is 29.8 Å². The third-order valence-corrected chi connectivity index (χ3v) is 2.10. The third kappa shape index (κ3) is 4.81. The zero-order chi connectivity index (χ0) is 10.6. The van der Waals surface area contributed by atoms with Crippen molar-refractivity contribution in [3.05, 3.63) is 29.3 Å². The summed E-state index contributed by atoms with van der Waals surface area (Å²) in [6.45, 7) is 4.45. The summed E-state index contributed by atoms with van der Waals surface area (Å²) < 4.78 is 5.49. The van der Waals surface area contributed by atoms with Crippen LogP contribution in [0.15, 0.2) is 18.2 Å². The van der Waals surface area contributed by atoms with Gasteiger partial charge in [0.15, 0.2) is 0 Å². The molecule has 5 N–H and O–H groups in total. The van der Waals surface area contributed by atoms with Crippen LogP contribution in [0, 0.1) is 13.8 Å². The zero-order valence-electron chi connectivity index (χ0n) is 9.56. The predicted octanol–water partition coefficient (Wildman–Crippen LogP) is 0.599. The van der Waals surface area contributed by atoms with Crippen LogP contribution < -0.4 is 10.5 Å². The van der Waals surface area contributed by atoms with Crippen molar-refractivity contribution in [2.45, 2.75) is 20.0 Å². The topological polar surface area (TPSA) is 87.0 Å². The molecule has 1 aromatic carbocycles. The van der Waals surface area contributed by atoms with Gasteiger partial charge in [0.1, 0.15) is 18.5 Å². The average molecular weight is 250 g/mol. The molecule has 1 rings (SSSR count). The van der Waals surface area contributed by atoms with Gasteiger partial charge < -0.3 is 21.1 Å². The maximum Gasteiger partial charge on any atom is 0.125 e. The molecule has 0 radical (unpaired) electrons. The van der Waals surface area contributed by atoms with Crippen LogP contribution in [-0.2, 0) is 0 Å². The number of aryl methyl sites for hydroxylation is 2. The molecule has 0 fully saturated rings. The fourth-order valence-corrected chi connectivity index (χ4v) is 1.27. The lowest BCUT2D eigenvalue weighted by Gasteiger charge is -2.14. The van der Waals surface area contributed by atoms with Gasteiger partial charge in [-0.05, 0) is 25.0 Å². The van der Waals surface area contributed by atoms with Crippen LogP contribution >= 0.6 is 12.4 Å². The maximum atomic E-state index is 9.25. The number of aliphatic hydroxyl groups excluding tert-OH is 1. The molecule has 1 atom stereocenters. The number of nitrogens with two attached hydrogens (primary N) is 1. The molecular formula is C11H20ClNO3. The minimum atomic E-state index is -0.589. The van der Waals surface area contributed by atoms with Gasteiger partial charge in [0, 0.05) is 6.54 Å². The normalized spacial score (nSPS) is 11.0. The summed E-state index contributed by atoms with van der Waals surface area (Å²) in [5.41, 5.74) is 7.44. The third-order valence-electron chi connectivity index (χ3n) is 2.10. The van der Waals surface area contributed by atoms with Gasteiger partial charge in [-0.15, -0.1) is 12.4 Å². The van der Waals surface area contributed by atoms with Crippen LogP contribution in [0.1, 0.15) is 11.1 Å². The fraction of sp³-hybridized carbons (Fsp3) is 0.455. The SMILES string of the molecule is Cc1cccc(C)c1OCC(O)CN.Cl.O. The van der Waals surface area contributed by atoms with Crippen LogP contribution in [0.5, 0.6) is 5.75 Å². The molecule has 0 aliphatic rings. The van der Waals surface area contributed by atoms with Crippen LogP contribution in [0.25, 0.3) is 0 Å². The lowest BCUT2D eigenvalue weighted by Crippen LogP contribution is -2.26. The monoisotopic (exact) mass is 249 g/mol. The molecule has 0 aliphatic carbocycles. The van der Waals surface area contributed by atoms with Crippen molar-refractivity contribution in [3.8, 4) is 5.75 Å². The number of halogens is 1. The first-order valence-electron chi connectivity index (χ1n) is 4.72. The average Bonchev–Trinajstić information content (AvgIpc) is 2.16. The second-order valence-corrected chi connectivity index (χ2v) is 3.42. The van der Waals surface area contributed by atoms with E-state index in [1.807, 2.05) is 32.0 Å². The Labute approximate surface area is 102 Å². The van der Waals surface area contributed by atoms with E-state index in [1.165, 1.54) is 0 Å². The summed E-state index contributed by atoms with van der Waals surface area (Å²) in [7, 11) is 0. The quantitative estimate of drug-likeness (QED) is 0.819. The van der Waals surface area contributed by atoms with Crippen molar-refractivity contribution in [1.29, 1.82) is 0 Å². The molecule has 0 aliphatic heterocycles. The summed E-state index contributed by atoms with van der Waals surface area (Å²) in [5, 5.41) is 9.25. The van der Waals surface area contributed by atoms with E-state index in [0.29, 0.717) is 0 Å². The Balaban J connectivity index is 0. The van der Waals surface area contributed by atoms with Crippen LogP contribution in [0.2, 0.25) is 0 Å². The fourth-order valence-electron chi connectivity index (χ4n) is 1.27. The lowest BCUT2D eigenvalue weighted by molar-refractivity contribution is 0.113. The Morgan fingerprint density at radius 2 is 1.81 bits per heavy atom. The van der Waals surface area contributed by atoms with E-state index in [0.717, 1.165) is 16.9 Å². The van der Waals surface area contributed by atoms with E-state index in [-0.39, 0.29) is 31.0 Å². The Bertz CT molecular complexity index is 287. The highest BCUT2D eigenvalue weighted by Crippen LogP contribution is 2.22. The lowest BCUT2D eigenvalue weighted by atomic mass is 10.1. The van der Waals surface area contributed by atoms with Crippen molar-refractivity contribution in [3.63, 3.8) is 0 Å². The smallest absolute Gasteiger partial charge is 0.125 e. The van der Waals surface area contributed by atoms with E-state index < -0.39 is 6.10 Å². The van der Waals surface area contributed by atoms with Gasteiger partial charge in [0.25, 0.3) is 0 Å².